The van der Waals surface area contributed by atoms with Crippen LogP contribution in [0.5, 0.6) is 0 Å². The molecule has 1 fully saturated rings. The van der Waals surface area contributed by atoms with Gasteiger partial charge in [0.15, 0.2) is 0 Å². The van der Waals surface area contributed by atoms with Crippen LogP contribution in [0.3, 0.4) is 0 Å². The van der Waals surface area contributed by atoms with Crippen molar-refractivity contribution >= 4 is 17.6 Å². The molecule has 2 aromatic carbocycles. The van der Waals surface area contributed by atoms with Crippen LogP contribution in [-0.4, -0.2) is 23.0 Å². The van der Waals surface area contributed by atoms with Gasteiger partial charge in [-0.25, -0.2) is 9.18 Å². The van der Waals surface area contributed by atoms with Crippen molar-refractivity contribution in [2.75, 3.05) is 4.90 Å². The molecule has 0 N–H and O–H groups in total. The van der Waals surface area contributed by atoms with E-state index in [4.69, 9.17) is 4.74 Å². The smallest absolute Gasteiger partial charge is 0.457 e. The van der Waals surface area contributed by atoms with Crippen molar-refractivity contribution in [3.05, 3.63) is 95.1 Å². The van der Waals surface area contributed by atoms with Gasteiger partial charge in [0.05, 0.1) is 17.8 Å². The highest BCUT2D eigenvalue weighted by Crippen LogP contribution is 2.32. The number of halogens is 4. The third-order valence-corrected chi connectivity index (χ3v) is 6.43. The number of nitrogens with zero attached hydrogens (tertiary/aromatic N) is 2. The van der Waals surface area contributed by atoms with Crippen molar-refractivity contribution in [3.63, 3.8) is 0 Å². The van der Waals surface area contributed by atoms with E-state index in [0.717, 1.165) is 49.4 Å². The first kappa shape index (κ1) is 26.3. The number of hydrogen-bond donors (Lipinski definition) is 0. The molecule has 1 amide bonds. The van der Waals surface area contributed by atoms with Gasteiger partial charge in [0.25, 0.3) is 0 Å². The van der Waals surface area contributed by atoms with Crippen LogP contribution in [0.2, 0.25) is 0 Å². The van der Waals surface area contributed by atoms with E-state index in [2.05, 4.69) is 4.98 Å². The summed E-state index contributed by atoms with van der Waals surface area (Å²) in [7, 11) is 0. The standard InChI is InChI=1S/C28H26F4N2O3/c29-25-15-23(13-14-24(25)26(35)37-18-19-7-3-1-4-8-19)34(27(36)28(30,31)32)17-22-12-11-21(16-33-22)20-9-5-2-6-10-20/h1,3-4,7-8,11-16,20H,2,5-6,9-10,17-18H2. The van der Waals surface area contributed by atoms with Crippen molar-refractivity contribution in [3.8, 4) is 0 Å². The van der Waals surface area contributed by atoms with Gasteiger partial charge < -0.3 is 4.74 Å². The summed E-state index contributed by atoms with van der Waals surface area (Å²) in [6.07, 6.45) is 1.97. The molecule has 9 heteroatoms. The number of carbonyl (C=O) groups excluding carboxylic acids is 2. The topological polar surface area (TPSA) is 59.5 Å². The van der Waals surface area contributed by atoms with Crippen LogP contribution in [0.1, 0.15) is 65.2 Å². The Kier molecular flexibility index (Phi) is 8.21. The normalized spacial score (nSPS) is 14.3. The fourth-order valence-electron chi connectivity index (χ4n) is 4.44. The molecule has 0 atom stereocenters. The number of aromatic nitrogens is 1. The van der Waals surface area contributed by atoms with Gasteiger partial charge >= 0.3 is 18.1 Å². The monoisotopic (exact) mass is 514 g/mol. The Hall–Kier alpha value is -3.75. The molecule has 1 heterocycles. The summed E-state index contributed by atoms with van der Waals surface area (Å²) in [5.41, 5.74) is 1.13. The minimum absolute atomic E-state index is 0.0952. The van der Waals surface area contributed by atoms with Crippen LogP contribution in [0, 0.1) is 5.82 Å². The second kappa shape index (κ2) is 11.5. The lowest BCUT2D eigenvalue weighted by molar-refractivity contribution is -0.170. The van der Waals surface area contributed by atoms with Crippen LogP contribution >= 0.6 is 0 Å². The Bertz CT molecular complexity index is 1220. The highest BCUT2D eigenvalue weighted by Gasteiger charge is 2.43. The third kappa shape index (κ3) is 6.72. The molecular formula is C28H26F4N2O3. The van der Waals surface area contributed by atoms with E-state index in [1.807, 2.05) is 6.07 Å². The fraction of sp³-hybridized carbons (Fsp3) is 0.321. The van der Waals surface area contributed by atoms with Gasteiger partial charge in [0.2, 0.25) is 0 Å². The predicted molar refractivity (Wildman–Crippen MR) is 129 cm³/mol. The Morgan fingerprint density at radius 1 is 0.973 bits per heavy atom. The Labute approximate surface area is 212 Å². The molecule has 0 radical (unpaired) electrons. The number of rotatable bonds is 7. The first-order valence-electron chi connectivity index (χ1n) is 12.1. The Morgan fingerprint density at radius 2 is 1.70 bits per heavy atom. The van der Waals surface area contributed by atoms with Crippen LogP contribution < -0.4 is 4.90 Å². The maximum absolute atomic E-state index is 14.8. The number of benzene rings is 2. The number of hydrogen-bond acceptors (Lipinski definition) is 4. The third-order valence-electron chi connectivity index (χ3n) is 6.43. The number of anilines is 1. The number of pyridine rings is 1. The van der Waals surface area contributed by atoms with Crippen molar-refractivity contribution in [1.82, 2.24) is 4.98 Å². The minimum atomic E-state index is -5.19. The summed E-state index contributed by atoms with van der Waals surface area (Å²) in [5.74, 6) is -3.87. The van der Waals surface area contributed by atoms with Gasteiger partial charge in [-0.2, -0.15) is 13.2 Å². The molecule has 4 rings (SSSR count). The van der Waals surface area contributed by atoms with E-state index < -0.39 is 36.0 Å². The average Bonchev–Trinajstić information content (AvgIpc) is 2.91. The predicted octanol–water partition coefficient (Wildman–Crippen LogP) is 6.72. The zero-order chi connectivity index (χ0) is 26.4. The maximum atomic E-state index is 14.8. The highest BCUT2D eigenvalue weighted by atomic mass is 19.4. The Balaban J connectivity index is 1.52. The summed E-state index contributed by atoms with van der Waals surface area (Å²) >= 11 is 0. The number of amides is 1. The average molecular weight is 515 g/mol. The van der Waals surface area contributed by atoms with E-state index >= 15 is 0 Å². The molecule has 1 aromatic heterocycles. The lowest BCUT2D eigenvalue weighted by Gasteiger charge is -2.25. The lowest BCUT2D eigenvalue weighted by Crippen LogP contribution is -2.41. The molecule has 3 aromatic rings. The fourth-order valence-corrected chi connectivity index (χ4v) is 4.44. The second-order valence-electron chi connectivity index (χ2n) is 9.03. The summed E-state index contributed by atoms with van der Waals surface area (Å²) < 4.78 is 60.1. The molecule has 194 valence electrons. The van der Waals surface area contributed by atoms with Crippen LogP contribution in [0.25, 0.3) is 0 Å². The highest BCUT2D eigenvalue weighted by molar-refractivity contribution is 5.98. The van der Waals surface area contributed by atoms with E-state index in [1.165, 1.54) is 6.42 Å². The second-order valence-corrected chi connectivity index (χ2v) is 9.03. The van der Waals surface area contributed by atoms with E-state index in [1.54, 1.807) is 42.6 Å². The SMILES string of the molecule is O=C(OCc1ccccc1)c1ccc(N(Cc2ccc(C3CCCCC3)cn2)C(=O)C(F)(F)F)cc1F. The van der Waals surface area contributed by atoms with Crippen LogP contribution in [0.4, 0.5) is 23.2 Å². The molecule has 0 saturated heterocycles. The molecule has 37 heavy (non-hydrogen) atoms. The maximum Gasteiger partial charge on any atom is 0.471 e. The zero-order valence-corrected chi connectivity index (χ0v) is 20.0. The molecule has 1 aliphatic carbocycles. The van der Waals surface area contributed by atoms with Crippen molar-refractivity contribution < 1.29 is 31.9 Å². The molecular weight excluding hydrogens is 488 g/mol. The minimum Gasteiger partial charge on any atom is -0.457 e. The van der Waals surface area contributed by atoms with Gasteiger partial charge in [-0.15, -0.1) is 0 Å². The molecule has 5 nitrogen and oxygen atoms in total. The number of carbonyl (C=O) groups is 2. The number of ether oxygens (including phenoxy) is 1. The lowest BCUT2D eigenvalue weighted by atomic mass is 9.85. The van der Waals surface area contributed by atoms with Crippen LogP contribution in [-0.2, 0) is 22.7 Å². The zero-order valence-electron chi connectivity index (χ0n) is 20.0. The molecule has 0 unspecified atom stereocenters. The van der Waals surface area contributed by atoms with Gasteiger partial charge in [-0.1, -0.05) is 55.7 Å². The Morgan fingerprint density at radius 3 is 2.32 bits per heavy atom. The summed E-state index contributed by atoms with van der Waals surface area (Å²) in [6.45, 7) is -0.609. The van der Waals surface area contributed by atoms with E-state index in [0.29, 0.717) is 16.4 Å². The molecule has 0 aliphatic heterocycles. The number of esters is 1. The van der Waals surface area contributed by atoms with Crippen molar-refractivity contribution in [1.29, 1.82) is 0 Å². The summed E-state index contributed by atoms with van der Waals surface area (Å²) in [6, 6.07) is 15.0. The molecule has 0 bridgehead atoms. The molecule has 1 saturated carbocycles. The van der Waals surface area contributed by atoms with Gasteiger partial charge in [-0.05, 0) is 54.2 Å². The summed E-state index contributed by atoms with van der Waals surface area (Å²) in [5, 5.41) is 0. The van der Waals surface area contributed by atoms with Crippen LogP contribution in [0.15, 0.2) is 66.9 Å². The summed E-state index contributed by atoms with van der Waals surface area (Å²) in [4.78, 5) is 29.2. The van der Waals surface area contributed by atoms with Crippen molar-refractivity contribution in [2.45, 2.75) is 57.3 Å². The molecule has 0 spiro atoms. The van der Waals surface area contributed by atoms with Gasteiger partial charge in [0, 0.05) is 11.9 Å². The van der Waals surface area contributed by atoms with E-state index in [9.17, 15) is 27.2 Å². The van der Waals surface area contributed by atoms with Gasteiger partial charge in [0.1, 0.15) is 12.4 Å². The van der Waals surface area contributed by atoms with Crippen molar-refractivity contribution in [2.24, 2.45) is 0 Å². The number of alkyl halides is 3. The molecule has 1 aliphatic rings. The quantitative estimate of drug-likeness (QED) is 0.259. The van der Waals surface area contributed by atoms with E-state index in [-0.39, 0.29) is 18.0 Å². The largest absolute Gasteiger partial charge is 0.471 e. The van der Waals surface area contributed by atoms with Gasteiger partial charge in [-0.3, -0.25) is 14.7 Å². The first-order chi connectivity index (χ1) is 17.7. The first-order valence-corrected chi connectivity index (χ1v) is 12.1.